The average molecular weight is 224 g/mol. The van der Waals surface area contributed by atoms with E-state index in [1.165, 1.54) is 0 Å². The fourth-order valence-corrected chi connectivity index (χ4v) is 1.83. The van der Waals surface area contributed by atoms with Crippen molar-refractivity contribution in [1.82, 2.24) is 10.6 Å². The fraction of sp³-hybridized carbons (Fsp3) is 1.00. The van der Waals surface area contributed by atoms with E-state index in [2.05, 4.69) is 17.6 Å². The highest BCUT2D eigenvalue weighted by molar-refractivity contribution is 4.82. The lowest BCUT2D eigenvalue weighted by atomic mass is 9.81. The molecule has 0 spiro atoms. The van der Waals surface area contributed by atoms with Gasteiger partial charge in [-0.3, -0.25) is 0 Å². The Balaban J connectivity index is 2.13. The van der Waals surface area contributed by atoms with Crippen LogP contribution in [-0.2, 0) is 0 Å². The van der Waals surface area contributed by atoms with Gasteiger partial charge in [0.05, 0.1) is 6.42 Å². The Labute approximate surface area is 88.6 Å². The molecule has 90 valence electrons. The zero-order valence-electron chi connectivity index (χ0n) is 9.08. The largest absolute Gasteiger partial charge is 0.390 e. The summed E-state index contributed by atoms with van der Waals surface area (Å²) in [5.74, 6) is 0. The molecule has 1 aliphatic rings. The quantitative estimate of drug-likeness (QED) is 0.713. The van der Waals surface area contributed by atoms with E-state index < -0.39 is 12.6 Å². The zero-order chi connectivity index (χ0) is 11.4. The Morgan fingerprint density at radius 3 is 2.40 bits per heavy atom. The van der Waals surface area contributed by atoms with Gasteiger partial charge in [0.25, 0.3) is 0 Å². The molecule has 1 heterocycles. The molecule has 0 saturated carbocycles. The topological polar surface area (TPSA) is 24.1 Å². The average Bonchev–Trinajstić information content (AvgIpc) is 2.12. The second kappa shape index (κ2) is 5.16. The minimum absolute atomic E-state index is 0.0342. The van der Waals surface area contributed by atoms with Crippen molar-refractivity contribution < 1.29 is 13.2 Å². The van der Waals surface area contributed by atoms with E-state index in [1.807, 2.05) is 0 Å². The summed E-state index contributed by atoms with van der Waals surface area (Å²) >= 11 is 0. The van der Waals surface area contributed by atoms with Crippen LogP contribution in [0.4, 0.5) is 13.2 Å². The Morgan fingerprint density at radius 2 is 1.87 bits per heavy atom. The second-order valence-electron chi connectivity index (χ2n) is 4.60. The standard InChI is InChI=1S/C10H19F3N2/c1-9(2-5-14-6-3-9)8-15-7-4-10(11,12)13/h14-15H,2-8H2,1H3. The van der Waals surface area contributed by atoms with Gasteiger partial charge in [-0.1, -0.05) is 6.92 Å². The van der Waals surface area contributed by atoms with E-state index in [1.54, 1.807) is 0 Å². The number of hydrogen-bond acceptors (Lipinski definition) is 2. The van der Waals surface area contributed by atoms with Crippen LogP contribution in [0.15, 0.2) is 0 Å². The van der Waals surface area contributed by atoms with E-state index in [4.69, 9.17) is 0 Å². The maximum Gasteiger partial charge on any atom is 0.390 e. The molecule has 5 heteroatoms. The first kappa shape index (κ1) is 12.8. The molecule has 0 aromatic heterocycles. The van der Waals surface area contributed by atoms with Crippen LogP contribution in [0.2, 0.25) is 0 Å². The molecule has 0 atom stereocenters. The minimum atomic E-state index is -4.04. The summed E-state index contributed by atoms with van der Waals surface area (Å²) in [5, 5.41) is 6.15. The summed E-state index contributed by atoms with van der Waals surface area (Å²) in [6, 6.07) is 0. The van der Waals surface area contributed by atoms with Gasteiger partial charge in [0.2, 0.25) is 0 Å². The summed E-state index contributed by atoms with van der Waals surface area (Å²) in [7, 11) is 0. The number of hydrogen-bond donors (Lipinski definition) is 2. The molecule has 1 saturated heterocycles. The maximum absolute atomic E-state index is 11.9. The minimum Gasteiger partial charge on any atom is -0.317 e. The predicted octanol–water partition coefficient (Wildman–Crippen LogP) is 1.92. The summed E-state index contributed by atoms with van der Waals surface area (Å²) in [6.45, 7) is 4.79. The number of rotatable bonds is 4. The maximum atomic E-state index is 11.9. The summed E-state index contributed by atoms with van der Waals surface area (Å²) in [6.07, 6.45) is -2.71. The molecule has 0 aliphatic carbocycles. The Hall–Kier alpha value is -0.290. The van der Waals surface area contributed by atoms with Crippen LogP contribution in [0.25, 0.3) is 0 Å². The summed E-state index contributed by atoms with van der Waals surface area (Å²) in [5.41, 5.74) is 0.164. The highest BCUT2D eigenvalue weighted by Crippen LogP contribution is 2.26. The number of piperidine rings is 1. The normalized spacial score (nSPS) is 21.6. The molecule has 15 heavy (non-hydrogen) atoms. The van der Waals surface area contributed by atoms with Gasteiger partial charge in [-0.25, -0.2) is 0 Å². The molecule has 1 fully saturated rings. The lowest BCUT2D eigenvalue weighted by Gasteiger charge is -2.34. The molecule has 2 N–H and O–H groups in total. The Morgan fingerprint density at radius 1 is 1.27 bits per heavy atom. The van der Waals surface area contributed by atoms with Gasteiger partial charge in [-0.15, -0.1) is 0 Å². The second-order valence-corrected chi connectivity index (χ2v) is 4.60. The van der Waals surface area contributed by atoms with Crippen molar-refractivity contribution in [3.63, 3.8) is 0 Å². The van der Waals surface area contributed by atoms with Crippen molar-refractivity contribution in [1.29, 1.82) is 0 Å². The van der Waals surface area contributed by atoms with Gasteiger partial charge >= 0.3 is 6.18 Å². The van der Waals surface area contributed by atoms with Crippen molar-refractivity contribution in [3.8, 4) is 0 Å². The molecule has 1 aliphatic heterocycles. The van der Waals surface area contributed by atoms with Gasteiger partial charge in [0.1, 0.15) is 0 Å². The number of alkyl halides is 3. The molecule has 0 unspecified atom stereocenters. The van der Waals surface area contributed by atoms with Gasteiger partial charge in [0, 0.05) is 13.1 Å². The molecular formula is C10H19F3N2. The van der Waals surface area contributed by atoms with Gasteiger partial charge in [0.15, 0.2) is 0 Å². The van der Waals surface area contributed by atoms with Crippen molar-refractivity contribution in [3.05, 3.63) is 0 Å². The molecule has 0 amide bonds. The molecule has 2 nitrogen and oxygen atoms in total. The third-order valence-electron chi connectivity index (χ3n) is 2.95. The van der Waals surface area contributed by atoms with Crippen LogP contribution < -0.4 is 10.6 Å². The first-order valence-electron chi connectivity index (χ1n) is 5.40. The molecule has 1 rings (SSSR count). The van der Waals surface area contributed by atoms with E-state index in [-0.39, 0.29) is 12.0 Å². The predicted molar refractivity (Wildman–Crippen MR) is 53.8 cm³/mol. The molecule has 0 aromatic carbocycles. The lowest BCUT2D eigenvalue weighted by Crippen LogP contribution is -2.41. The van der Waals surface area contributed by atoms with Gasteiger partial charge in [-0.05, 0) is 31.3 Å². The van der Waals surface area contributed by atoms with E-state index in [0.29, 0.717) is 6.54 Å². The monoisotopic (exact) mass is 224 g/mol. The third kappa shape index (κ3) is 5.37. The van der Waals surface area contributed by atoms with Gasteiger partial charge < -0.3 is 10.6 Å². The summed E-state index contributed by atoms with van der Waals surface area (Å²) in [4.78, 5) is 0. The molecule has 0 radical (unpaired) electrons. The fourth-order valence-electron chi connectivity index (χ4n) is 1.83. The molecule has 0 aromatic rings. The van der Waals surface area contributed by atoms with Crippen LogP contribution in [-0.4, -0.2) is 32.4 Å². The Kier molecular flexibility index (Phi) is 4.40. The molecule has 0 bridgehead atoms. The van der Waals surface area contributed by atoms with Crippen LogP contribution in [0.3, 0.4) is 0 Å². The van der Waals surface area contributed by atoms with Crippen LogP contribution in [0.1, 0.15) is 26.2 Å². The highest BCUT2D eigenvalue weighted by atomic mass is 19.4. The first-order valence-corrected chi connectivity index (χ1v) is 5.40. The van der Waals surface area contributed by atoms with E-state index >= 15 is 0 Å². The van der Waals surface area contributed by atoms with Crippen LogP contribution in [0, 0.1) is 5.41 Å². The number of halogens is 3. The lowest BCUT2D eigenvalue weighted by molar-refractivity contribution is -0.133. The molecular weight excluding hydrogens is 205 g/mol. The van der Waals surface area contributed by atoms with Crippen molar-refractivity contribution in [2.24, 2.45) is 5.41 Å². The van der Waals surface area contributed by atoms with Crippen molar-refractivity contribution >= 4 is 0 Å². The van der Waals surface area contributed by atoms with E-state index in [0.717, 1.165) is 25.9 Å². The number of nitrogens with one attached hydrogen (secondary N) is 2. The smallest absolute Gasteiger partial charge is 0.317 e. The van der Waals surface area contributed by atoms with Crippen LogP contribution in [0.5, 0.6) is 0 Å². The zero-order valence-corrected chi connectivity index (χ0v) is 9.08. The Bertz CT molecular complexity index is 186. The van der Waals surface area contributed by atoms with Crippen molar-refractivity contribution in [2.75, 3.05) is 26.2 Å². The first-order chi connectivity index (χ1) is 6.91. The van der Waals surface area contributed by atoms with Crippen molar-refractivity contribution in [2.45, 2.75) is 32.4 Å². The third-order valence-corrected chi connectivity index (χ3v) is 2.95. The summed E-state index contributed by atoms with van der Waals surface area (Å²) < 4.78 is 35.6. The van der Waals surface area contributed by atoms with E-state index in [9.17, 15) is 13.2 Å². The van der Waals surface area contributed by atoms with Gasteiger partial charge in [-0.2, -0.15) is 13.2 Å². The van der Waals surface area contributed by atoms with Crippen LogP contribution >= 0.6 is 0 Å². The SMILES string of the molecule is CC1(CNCCC(F)(F)F)CCNCC1. The highest BCUT2D eigenvalue weighted by Gasteiger charge is 2.28.